The summed E-state index contributed by atoms with van der Waals surface area (Å²) < 4.78 is 13.0. The van der Waals surface area contributed by atoms with Crippen LogP contribution in [0.3, 0.4) is 0 Å². The molecule has 0 N–H and O–H groups in total. The van der Waals surface area contributed by atoms with E-state index < -0.39 is 5.66 Å². The third kappa shape index (κ3) is 1.85. The van der Waals surface area contributed by atoms with E-state index in [0.29, 0.717) is 6.10 Å². The van der Waals surface area contributed by atoms with E-state index >= 15 is 0 Å². The average Bonchev–Trinajstić information content (AvgIpc) is 3.03. The van der Waals surface area contributed by atoms with Crippen molar-refractivity contribution in [1.82, 2.24) is 0 Å². The molecule has 4 nitrogen and oxygen atoms in total. The normalized spacial score (nSPS) is 35.8. The van der Waals surface area contributed by atoms with E-state index in [-0.39, 0.29) is 5.60 Å². The second kappa shape index (κ2) is 4.90. The number of aliphatic imine (C=N–C) groups is 2. The summed E-state index contributed by atoms with van der Waals surface area (Å²) >= 11 is 3.57. The molecule has 2 heterocycles. The van der Waals surface area contributed by atoms with Gasteiger partial charge in [-0.25, -0.2) is 4.99 Å². The zero-order chi connectivity index (χ0) is 15.4. The third-order valence-electron chi connectivity index (χ3n) is 5.11. The summed E-state index contributed by atoms with van der Waals surface area (Å²) in [5, 5.41) is 0. The number of hydrogen-bond donors (Lipinski definition) is 0. The Morgan fingerprint density at radius 3 is 2.73 bits per heavy atom. The Hall–Kier alpha value is -1.20. The van der Waals surface area contributed by atoms with E-state index in [0.717, 1.165) is 47.2 Å². The van der Waals surface area contributed by atoms with Crippen LogP contribution >= 0.6 is 15.9 Å². The molecule has 2 aliphatic heterocycles. The maximum atomic E-state index is 6.47. The number of hydrogen-bond acceptors (Lipinski definition) is 4. The fourth-order valence-corrected chi connectivity index (χ4v) is 4.34. The molecule has 1 aliphatic carbocycles. The SMILES string of the molecule is COC1CCC2(CC1)Oc1ccc(Br)cc1C21N=CC(C)=N1. The largest absolute Gasteiger partial charge is 0.482 e. The molecule has 1 saturated carbocycles. The lowest BCUT2D eigenvalue weighted by Crippen LogP contribution is -2.52. The number of ether oxygens (including phenoxy) is 2. The second-order valence-corrected chi connectivity index (χ2v) is 7.27. The number of nitrogens with zero attached hydrogens (tertiary/aromatic N) is 2. The Labute approximate surface area is 138 Å². The van der Waals surface area contributed by atoms with Crippen molar-refractivity contribution in [3.8, 4) is 5.75 Å². The first-order chi connectivity index (χ1) is 10.6. The van der Waals surface area contributed by atoms with Gasteiger partial charge in [0.1, 0.15) is 5.75 Å². The van der Waals surface area contributed by atoms with Crippen LogP contribution in [0.5, 0.6) is 5.75 Å². The van der Waals surface area contributed by atoms with E-state index in [1.807, 2.05) is 25.3 Å². The maximum Gasteiger partial charge on any atom is 0.218 e. The average molecular weight is 363 g/mol. The Morgan fingerprint density at radius 1 is 1.32 bits per heavy atom. The quantitative estimate of drug-likeness (QED) is 0.760. The Kier molecular flexibility index (Phi) is 3.20. The molecular formula is C17H19BrN2O2. The first-order valence-corrected chi connectivity index (χ1v) is 8.51. The van der Waals surface area contributed by atoms with Gasteiger partial charge in [-0.1, -0.05) is 15.9 Å². The summed E-state index contributed by atoms with van der Waals surface area (Å²) in [6.07, 6.45) is 5.98. The van der Waals surface area contributed by atoms with Gasteiger partial charge in [0.05, 0.1) is 11.8 Å². The fraction of sp³-hybridized carbons (Fsp3) is 0.529. The van der Waals surface area contributed by atoms with Crippen LogP contribution in [-0.4, -0.2) is 30.7 Å². The minimum absolute atomic E-state index is 0.317. The summed E-state index contributed by atoms with van der Waals surface area (Å²) in [6, 6.07) is 6.14. The topological polar surface area (TPSA) is 43.2 Å². The molecule has 0 aromatic heterocycles. The van der Waals surface area contributed by atoms with Crippen molar-refractivity contribution >= 4 is 27.9 Å². The summed E-state index contributed by atoms with van der Waals surface area (Å²) in [5.41, 5.74) is 1.05. The van der Waals surface area contributed by atoms with Crippen molar-refractivity contribution in [3.63, 3.8) is 0 Å². The van der Waals surface area contributed by atoms with Crippen molar-refractivity contribution in [1.29, 1.82) is 0 Å². The predicted molar refractivity (Wildman–Crippen MR) is 90.0 cm³/mol. The highest BCUT2D eigenvalue weighted by Crippen LogP contribution is 2.58. The van der Waals surface area contributed by atoms with Crippen molar-refractivity contribution < 1.29 is 9.47 Å². The molecule has 0 saturated heterocycles. The third-order valence-corrected chi connectivity index (χ3v) is 5.60. The van der Waals surface area contributed by atoms with Gasteiger partial charge in [-0.2, -0.15) is 0 Å². The van der Waals surface area contributed by atoms with Gasteiger partial charge >= 0.3 is 0 Å². The van der Waals surface area contributed by atoms with Crippen LogP contribution in [0.25, 0.3) is 0 Å². The van der Waals surface area contributed by atoms with Gasteiger partial charge in [-0.15, -0.1) is 0 Å². The number of fused-ring (bicyclic) bond motifs is 3. The summed E-state index contributed by atoms with van der Waals surface area (Å²) in [4.78, 5) is 9.78. The minimum Gasteiger partial charge on any atom is -0.482 e. The lowest BCUT2D eigenvalue weighted by atomic mass is 9.73. The molecule has 5 heteroatoms. The molecule has 4 rings (SSSR count). The highest BCUT2D eigenvalue weighted by atomic mass is 79.9. The first-order valence-electron chi connectivity index (χ1n) is 7.72. The highest BCUT2D eigenvalue weighted by Gasteiger charge is 2.62. The van der Waals surface area contributed by atoms with Crippen molar-refractivity contribution in [3.05, 3.63) is 28.2 Å². The molecule has 1 fully saturated rings. The zero-order valence-corrected chi connectivity index (χ0v) is 14.4. The number of methoxy groups -OCH3 is 1. The van der Waals surface area contributed by atoms with Gasteiger partial charge in [-0.3, -0.25) is 4.99 Å². The summed E-state index contributed by atoms with van der Waals surface area (Å²) in [5.74, 6) is 0.912. The van der Waals surface area contributed by atoms with E-state index in [1.54, 1.807) is 7.11 Å². The smallest absolute Gasteiger partial charge is 0.218 e. The molecule has 116 valence electrons. The molecule has 1 aromatic carbocycles. The van der Waals surface area contributed by atoms with Crippen molar-refractivity contribution in [2.45, 2.75) is 50.0 Å². The van der Waals surface area contributed by atoms with Crippen LogP contribution in [0.4, 0.5) is 0 Å². The molecule has 3 aliphatic rings. The number of rotatable bonds is 1. The van der Waals surface area contributed by atoms with E-state index in [9.17, 15) is 0 Å². The van der Waals surface area contributed by atoms with Gasteiger partial charge in [0, 0.05) is 23.4 Å². The van der Waals surface area contributed by atoms with Crippen LogP contribution in [0.1, 0.15) is 38.2 Å². The van der Waals surface area contributed by atoms with Crippen molar-refractivity contribution in [2.75, 3.05) is 7.11 Å². The predicted octanol–water partition coefficient (Wildman–Crippen LogP) is 3.87. The van der Waals surface area contributed by atoms with Crippen LogP contribution in [-0.2, 0) is 10.4 Å². The number of benzene rings is 1. The van der Waals surface area contributed by atoms with Crippen LogP contribution < -0.4 is 4.74 Å². The zero-order valence-electron chi connectivity index (χ0n) is 12.8. The monoisotopic (exact) mass is 362 g/mol. The fourth-order valence-electron chi connectivity index (χ4n) is 3.98. The molecule has 0 amide bonds. The van der Waals surface area contributed by atoms with Gasteiger partial charge in [0.2, 0.25) is 5.66 Å². The second-order valence-electron chi connectivity index (χ2n) is 6.36. The Morgan fingerprint density at radius 2 is 2.09 bits per heavy atom. The molecule has 22 heavy (non-hydrogen) atoms. The van der Waals surface area contributed by atoms with E-state index in [1.165, 1.54) is 0 Å². The van der Waals surface area contributed by atoms with Gasteiger partial charge in [0.25, 0.3) is 0 Å². The molecule has 1 aromatic rings. The molecular weight excluding hydrogens is 344 g/mol. The maximum absolute atomic E-state index is 6.47. The van der Waals surface area contributed by atoms with E-state index in [4.69, 9.17) is 19.5 Å². The first kappa shape index (κ1) is 14.4. The minimum atomic E-state index is -0.616. The lowest BCUT2D eigenvalue weighted by molar-refractivity contribution is -0.0520. The summed E-state index contributed by atoms with van der Waals surface area (Å²) in [6.45, 7) is 2.00. The molecule has 0 bridgehead atoms. The summed E-state index contributed by atoms with van der Waals surface area (Å²) in [7, 11) is 1.79. The Bertz CT molecular complexity index is 677. The van der Waals surface area contributed by atoms with Gasteiger partial charge < -0.3 is 9.47 Å². The van der Waals surface area contributed by atoms with Crippen LogP contribution in [0.15, 0.2) is 32.7 Å². The highest BCUT2D eigenvalue weighted by molar-refractivity contribution is 9.10. The van der Waals surface area contributed by atoms with Crippen molar-refractivity contribution in [2.24, 2.45) is 9.98 Å². The Balaban J connectivity index is 1.83. The number of halogens is 1. The molecule has 1 atom stereocenters. The van der Waals surface area contributed by atoms with E-state index in [2.05, 4.69) is 22.0 Å². The standard InChI is InChI=1S/C17H19BrN2O2/c1-11-10-19-17(20-11)14-9-12(18)3-4-15(14)22-16(17)7-5-13(21-2)6-8-16/h3-4,9-10,13H,5-8H2,1-2H3. The van der Waals surface area contributed by atoms with Gasteiger partial charge in [0.15, 0.2) is 5.60 Å². The molecule has 0 radical (unpaired) electrons. The van der Waals surface area contributed by atoms with Gasteiger partial charge in [-0.05, 0) is 50.8 Å². The van der Waals surface area contributed by atoms with Crippen LogP contribution in [0, 0.1) is 0 Å². The van der Waals surface area contributed by atoms with Crippen LogP contribution in [0.2, 0.25) is 0 Å². The molecule has 1 unspecified atom stereocenters. The lowest BCUT2D eigenvalue weighted by Gasteiger charge is -2.42. The molecule has 2 spiro atoms.